The van der Waals surface area contributed by atoms with Crippen LogP contribution in [0.5, 0.6) is 0 Å². The van der Waals surface area contributed by atoms with Gasteiger partial charge in [0, 0.05) is 0 Å². The molecule has 0 aliphatic rings. The van der Waals surface area contributed by atoms with Crippen molar-refractivity contribution in [2.75, 3.05) is 5.73 Å². The molecule has 3 N–H and O–H groups in total. The minimum Gasteiger partial charge on any atom is -0.379 e. The van der Waals surface area contributed by atoms with Gasteiger partial charge in [0.05, 0.1) is 11.3 Å². The zero-order valence-corrected chi connectivity index (χ0v) is 14.3. The Morgan fingerprint density at radius 3 is 2.62 bits per heavy atom. The molecule has 0 saturated heterocycles. The van der Waals surface area contributed by atoms with Crippen molar-refractivity contribution in [3.63, 3.8) is 0 Å². The van der Waals surface area contributed by atoms with Crippen LogP contribution in [0.15, 0.2) is 58.2 Å². The molecule has 0 radical (unpaired) electrons. The largest absolute Gasteiger partial charge is 0.379 e. The number of hydrogen-bond donors (Lipinski definition) is 2. The normalized spacial score (nSPS) is 11.2. The van der Waals surface area contributed by atoms with Crippen molar-refractivity contribution < 1.29 is 14.3 Å². The molecule has 0 saturated carbocycles. The van der Waals surface area contributed by atoms with E-state index >= 15 is 0 Å². The molecule has 0 aliphatic carbocycles. The SMILES string of the molecule is Cc1ccc(C)c(N=C(NOC(=O)c2ccccc2)c2nonc2N)c1. The number of nitrogens with two attached hydrogens (primary N) is 1. The number of hydrogen-bond acceptors (Lipinski definition) is 7. The van der Waals surface area contributed by atoms with Gasteiger partial charge in [-0.05, 0) is 53.5 Å². The highest BCUT2D eigenvalue weighted by Gasteiger charge is 2.17. The number of hydroxylamine groups is 1. The number of nitrogen functional groups attached to an aromatic ring is 1. The number of benzene rings is 2. The molecular weight excluding hydrogens is 334 g/mol. The van der Waals surface area contributed by atoms with Gasteiger partial charge in [-0.15, -0.1) is 0 Å². The molecule has 3 aromatic rings. The van der Waals surface area contributed by atoms with E-state index in [2.05, 4.69) is 25.4 Å². The number of rotatable bonds is 3. The highest BCUT2D eigenvalue weighted by Crippen LogP contribution is 2.21. The number of amidine groups is 1. The Labute approximate surface area is 149 Å². The Kier molecular flexibility index (Phi) is 4.93. The van der Waals surface area contributed by atoms with E-state index in [1.807, 2.05) is 32.0 Å². The molecule has 2 aromatic carbocycles. The van der Waals surface area contributed by atoms with Crippen LogP contribution in [0.4, 0.5) is 11.5 Å². The Hall–Kier alpha value is -3.68. The van der Waals surface area contributed by atoms with Gasteiger partial charge >= 0.3 is 5.97 Å². The van der Waals surface area contributed by atoms with Crippen LogP contribution < -0.4 is 11.2 Å². The molecule has 0 fully saturated rings. The third-order valence-corrected chi connectivity index (χ3v) is 3.58. The molecule has 0 aliphatic heterocycles. The average Bonchev–Trinajstić information content (AvgIpc) is 3.07. The monoisotopic (exact) mass is 351 g/mol. The van der Waals surface area contributed by atoms with Gasteiger partial charge in [0.2, 0.25) is 0 Å². The maximum Gasteiger partial charge on any atom is 0.362 e. The molecule has 0 atom stereocenters. The second-order valence-electron chi connectivity index (χ2n) is 5.61. The number of anilines is 1. The van der Waals surface area contributed by atoms with Gasteiger partial charge in [-0.2, -0.15) is 5.48 Å². The number of nitrogens with zero attached hydrogens (tertiary/aromatic N) is 3. The minimum absolute atomic E-state index is 0.0253. The fourth-order valence-corrected chi connectivity index (χ4v) is 2.17. The van der Waals surface area contributed by atoms with Crippen molar-refractivity contribution in [3.8, 4) is 0 Å². The van der Waals surface area contributed by atoms with Crippen molar-refractivity contribution in [1.82, 2.24) is 15.8 Å². The number of carbonyl (C=O) groups excluding carboxylic acids is 1. The van der Waals surface area contributed by atoms with E-state index in [4.69, 9.17) is 10.6 Å². The molecule has 1 aromatic heterocycles. The highest BCUT2D eigenvalue weighted by molar-refractivity contribution is 6.02. The van der Waals surface area contributed by atoms with E-state index in [0.29, 0.717) is 11.3 Å². The van der Waals surface area contributed by atoms with E-state index in [9.17, 15) is 4.79 Å². The number of nitrogens with one attached hydrogen (secondary N) is 1. The topological polar surface area (TPSA) is 116 Å². The smallest absolute Gasteiger partial charge is 0.362 e. The predicted octanol–water partition coefficient (Wildman–Crippen LogP) is 2.71. The third kappa shape index (κ3) is 3.86. The van der Waals surface area contributed by atoms with Crippen LogP contribution in [0.2, 0.25) is 0 Å². The van der Waals surface area contributed by atoms with Gasteiger partial charge in [-0.3, -0.25) is 0 Å². The van der Waals surface area contributed by atoms with Crippen molar-refractivity contribution in [1.29, 1.82) is 0 Å². The Bertz CT molecular complexity index is 950. The van der Waals surface area contributed by atoms with Gasteiger partial charge in [-0.1, -0.05) is 30.3 Å². The summed E-state index contributed by atoms with van der Waals surface area (Å²) in [6, 6.07) is 14.4. The lowest BCUT2D eigenvalue weighted by molar-refractivity contribution is 0.0387. The molecule has 1 heterocycles. The first kappa shape index (κ1) is 17.2. The quantitative estimate of drug-likeness (QED) is 0.423. The van der Waals surface area contributed by atoms with Crippen LogP contribution in [0, 0.1) is 13.8 Å². The zero-order chi connectivity index (χ0) is 18.5. The fourth-order valence-electron chi connectivity index (χ4n) is 2.17. The first-order chi connectivity index (χ1) is 12.5. The standard InChI is InChI=1S/C18H17N5O3/c1-11-8-9-12(2)14(10-11)20-17(15-16(19)22-26-21-15)23-25-18(24)13-6-4-3-5-7-13/h3-10H,1-2H3,(H2,19,22)(H,20,23). The van der Waals surface area contributed by atoms with E-state index in [1.54, 1.807) is 30.3 Å². The minimum atomic E-state index is -0.575. The van der Waals surface area contributed by atoms with Gasteiger partial charge in [-0.25, -0.2) is 14.4 Å². The average molecular weight is 351 g/mol. The van der Waals surface area contributed by atoms with Gasteiger partial charge < -0.3 is 10.6 Å². The van der Waals surface area contributed by atoms with Crippen molar-refractivity contribution in [2.24, 2.45) is 4.99 Å². The van der Waals surface area contributed by atoms with Crippen LogP contribution >= 0.6 is 0 Å². The van der Waals surface area contributed by atoms with E-state index in [1.165, 1.54) is 0 Å². The van der Waals surface area contributed by atoms with E-state index in [-0.39, 0.29) is 17.3 Å². The number of aryl methyl sites for hydroxylation is 2. The summed E-state index contributed by atoms with van der Waals surface area (Å²) in [7, 11) is 0. The van der Waals surface area contributed by atoms with Crippen LogP contribution in [-0.2, 0) is 4.84 Å². The molecule has 0 bridgehead atoms. The second-order valence-corrected chi connectivity index (χ2v) is 5.61. The molecule has 0 unspecified atom stereocenters. The molecule has 26 heavy (non-hydrogen) atoms. The summed E-state index contributed by atoms with van der Waals surface area (Å²) in [5, 5.41) is 7.25. The first-order valence-electron chi connectivity index (χ1n) is 7.81. The van der Waals surface area contributed by atoms with Crippen LogP contribution in [0.25, 0.3) is 0 Å². The van der Waals surface area contributed by atoms with Crippen LogP contribution in [0.1, 0.15) is 27.2 Å². The summed E-state index contributed by atoms with van der Waals surface area (Å²) in [5.41, 5.74) is 11.4. The van der Waals surface area contributed by atoms with E-state index in [0.717, 1.165) is 11.1 Å². The second kappa shape index (κ2) is 7.47. The summed E-state index contributed by atoms with van der Waals surface area (Å²) in [4.78, 5) is 21.7. The third-order valence-electron chi connectivity index (χ3n) is 3.58. The molecule has 3 rings (SSSR count). The molecule has 8 nitrogen and oxygen atoms in total. The summed E-state index contributed by atoms with van der Waals surface area (Å²) >= 11 is 0. The maximum absolute atomic E-state index is 12.1. The molecule has 8 heteroatoms. The Morgan fingerprint density at radius 2 is 1.92 bits per heavy atom. The van der Waals surface area contributed by atoms with Crippen molar-refractivity contribution in [2.45, 2.75) is 13.8 Å². The highest BCUT2D eigenvalue weighted by atomic mass is 16.7. The summed E-state index contributed by atoms with van der Waals surface area (Å²) in [6.07, 6.45) is 0. The zero-order valence-electron chi connectivity index (χ0n) is 14.3. The Balaban J connectivity index is 1.90. The van der Waals surface area contributed by atoms with E-state index < -0.39 is 5.97 Å². The lowest BCUT2D eigenvalue weighted by Gasteiger charge is -2.09. The molecule has 0 amide bonds. The summed E-state index contributed by atoms with van der Waals surface area (Å²) in [6.45, 7) is 3.86. The lowest BCUT2D eigenvalue weighted by atomic mass is 10.1. The number of aromatic nitrogens is 2. The summed E-state index contributed by atoms with van der Waals surface area (Å²) < 4.78 is 4.62. The maximum atomic E-state index is 12.1. The predicted molar refractivity (Wildman–Crippen MR) is 95.8 cm³/mol. The van der Waals surface area contributed by atoms with Crippen LogP contribution in [0.3, 0.4) is 0 Å². The Morgan fingerprint density at radius 1 is 1.15 bits per heavy atom. The number of carbonyl (C=O) groups is 1. The van der Waals surface area contributed by atoms with Crippen molar-refractivity contribution >= 4 is 23.3 Å². The van der Waals surface area contributed by atoms with Crippen LogP contribution in [-0.4, -0.2) is 22.1 Å². The summed E-state index contributed by atoms with van der Waals surface area (Å²) in [5.74, 6) is -0.437. The van der Waals surface area contributed by atoms with Gasteiger partial charge in [0.15, 0.2) is 17.3 Å². The molecule has 132 valence electrons. The lowest BCUT2D eigenvalue weighted by Crippen LogP contribution is -2.29. The first-order valence-corrected chi connectivity index (χ1v) is 7.81. The molecule has 0 spiro atoms. The fraction of sp³-hybridized carbons (Fsp3) is 0.111. The van der Waals surface area contributed by atoms with Gasteiger partial charge in [0.25, 0.3) is 0 Å². The molecular formula is C18H17N5O3. The number of aliphatic imine (C=N–C) groups is 1. The van der Waals surface area contributed by atoms with Gasteiger partial charge in [0.1, 0.15) is 0 Å². The van der Waals surface area contributed by atoms with Crippen molar-refractivity contribution in [3.05, 3.63) is 70.9 Å².